The number of fused-ring (bicyclic) bond motifs is 1. The number of piperazine rings is 1. The predicted molar refractivity (Wildman–Crippen MR) is 82.6 cm³/mol. The van der Waals surface area contributed by atoms with Crippen molar-refractivity contribution in [3.8, 4) is 5.75 Å². The van der Waals surface area contributed by atoms with Gasteiger partial charge in [-0.3, -0.25) is 0 Å². The van der Waals surface area contributed by atoms with Crippen LogP contribution in [0.25, 0.3) is 10.8 Å². The quantitative estimate of drug-likeness (QED) is 0.930. The number of methoxy groups -OCH3 is 1. The number of benzene rings is 1. The first-order valence-electron chi connectivity index (χ1n) is 7.23. The van der Waals surface area contributed by atoms with Crippen molar-refractivity contribution in [3.63, 3.8) is 0 Å². The molecule has 1 aromatic heterocycles. The van der Waals surface area contributed by atoms with Gasteiger partial charge in [-0.15, -0.1) is 0 Å². The van der Waals surface area contributed by atoms with Gasteiger partial charge in [0.2, 0.25) is 0 Å². The van der Waals surface area contributed by atoms with E-state index < -0.39 is 0 Å². The summed E-state index contributed by atoms with van der Waals surface area (Å²) in [4.78, 5) is 7.08. The summed E-state index contributed by atoms with van der Waals surface area (Å²) in [5.41, 5.74) is 0. The normalized spacial score (nSPS) is 19.3. The van der Waals surface area contributed by atoms with Crippen LogP contribution >= 0.6 is 0 Å². The number of aromatic nitrogens is 1. The minimum atomic E-state index is 0.518. The number of pyridine rings is 1. The fourth-order valence-electron chi connectivity index (χ4n) is 2.90. The summed E-state index contributed by atoms with van der Waals surface area (Å²) >= 11 is 0. The highest BCUT2D eigenvalue weighted by molar-refractivity contribution is 5.93. The number of hydrogen-bond donors (Lipinski definition) is 1. The van der Waals surface area contributed by atoms with Crippen molar-refractivity contribution in [3.05, 3.63) is 30.5 Å². The second kappa shape index (κ2) is 5.67. The molecule has 0 spiro atoms. The Morgan fingerprint density at radius 2 is 2.30 bits per heavy atom. The highest BCUT2D eigenvalue weighted by atomic mass is 16.5. The first kappa shape index (κ1) is 13.2. The molecule has 2 heterocycles. The van der Waals surface area contributed by atoms with Crippen LogP contribution in [0.15, 0.2) is 30.5 Å². The SMILES string of the molecule is CCC1CNCCN1c1nccc2cc(OC)ccc12. The molecular weight excluding hydrogens is 250 g/mol. The summed E-state index contributed by atoms with van der Waals surface area (Å²) < 4.78 is 5.31. The maximum absolute atomic E-state index is 5.31. The number of nitrogens with zero attached hydrogens (tertiary/aromatic N) is 2. The van der Waals surface area contributed by atoms with Gasteiger partial charge in [0.15, 0.2) is 0 Å². The fraction of sp³-hybridized carbons (Fsp3) is 0.438. The first-order valence-corrected chi connectivity index (χ1v) is 7.23. The molecule has 0 bridgehead atoms. The fourth-order valence-corrected chi connectivity index (χ4v) is 2.90. The van der Waals surface area contributed by atoms with Crippen LogP contribution in [0.2, 0.25) is 0 Å². The molecule has 1 saturated heterocycles. The Morgan fingerprint density at radius 1 is 1.40 bits per heavy atom. The molecule has 1 aliphatic heterocycles. The molecule has 1 atom stereocenters. The molecule has 106 valence electrons. The zero-order valence-electron chi connectivity index (χ0n) is 12.1. The minimum Gasteiger partial charge on any atom is -0.497 e. The molecule has 1 fully saturated rings. The van der Waals surface area contributed by atoms with E-state index in [0.717, 1.165) is 37.6 Å². The number of rotatable bonds is 3. The minimum absolute atomic E-state index is 0.518. The Balaban J connectivity index is 2.06. The molecule has 1 aromatic carbocycles. The average molecular weight is 271 g/mol. The summed E-state index contributed by atoms with van der Waals surface area (Å²) in [7, 11) is 1.70. The number of hydrogen-bond acceptors (Lipinski definition) is 4. The maximum atomic E-state index is 5.31. The van der Waals surface area contributed by atoms with Crippen molar-refractivity contribution in [1.82, 2.24) is 10.3 Å². The van der Waals surface area contributed by atoms with E-state index in [1.165, 1.54) is 10.8 Å². The van der Waals surface area contributed by atoms with E-state index in [1.54, 1.807) is 7.11 Å². The molecule has 0 amide bonds. The lowest BCUT2D eigenvalue weighted by molar-refractivity contribution is 0.415. The lowest BCUT2D eigenvalue weighted by Crippen LogP contribution is -2.51. The van der Waals surface area contributed by atoms with Gasteiger partial charge in [-0.05, 0) is 36.1 Å². The molecule has 0 aliphatic carbocycles. The van der Waals surface area contributed by atoms with Crippen LogP contribution in [0.4, 0.5) is 5.82 Å². The van der Waals surface area contributed by atoms with Crippen LogP contribution in [0, 0.1) is 0 Å². The average Bonchev–Trinajstić information content (AvgIpc) is 2.53. The Labute approximate surface area is 119 Å². The summed E-state index contributed by atoms with van der Waals surface area (Å²) in [6.45, 7) is 5.30. The molecule has 1 aliphatic rings. The Hall–Kier alpha value is -1.81. The van der Waals surface area contributed by atoms with Crippen LogP contribution < -0.4 is 15.0 Å². The predicted octanol–water partition coefficient (Wildman–Crippen LogP) is 2.43. The van der Waals surface area contributed by atoms with Gasteiger partial charge in [-0.25, -0.2) is 4.98 Å². The van der Waals surface area contributed by atoms with Crippen molar-refractivity contribution >= 4 is 16.6 Å². The molecule has 0 radical (unpaired) electrons. The zero-order chi connectivity index (χ0) is 13.9. The van der Waals surface area contributed by atoms with Crippen molar-refractivity contribution in [2.75, 3.05) is 31.6 Å². The Morgan fingerprint density at radius 3 is 3.10 bits per heavy atom. The molecular formula is C16H21N3O. The van der Waals surface area contributed by atoms with Gasteiger partial charge >= 0.3 is 0 Å². The van der Waals surface area contributed by atoms with Crippen LogP contribution in [0.5, 0.6) is 5.75 Å². The third kappa shape index (κ3) is 2.31. The molecule has 3 rings (SSSR count). The van der Waals surface area contributed by atoms with E-state index in [1.807, 2.05) is 18.3 Å². The summed E-state index contributed by atoms with van der Waals surface area (Å²) in [6.07, 6.45) is 3.02. The monoisotopic (exact) mass is 271 g/mol. The van der Waals surface area contributed by atoms with Crippen molar-refractivity contribution in [1.29, 1.82) is 0 Å². The van der Waals surface area contributed by atoms with Crippen molar-refractivity contribution in [2.24, 2.45) is 0 Å². The van der Waals surface area contributed by atoms with E-state index in [2.05, 4.69) is 34.3 Å². The summed E-state index contributed by atoms with van der Waals surface area (Å²) in [5, 5.41) is 5.85. The van der Waals surface area contributed by atoms with Crippen LogP contribution in [0.1, 0.15) is 13.3 Å². The van der Waals surface area contributed by atoms with E-state index in [9.17, 15) is 0 Å². The van der Waals surface area contributed by atoms with Gasteiger partial charge < -0.3 is 15.0 Å². The standard InChI is InChI=1S/C16H21N3O/c1-3-13-11-17-8-9-19(13)16-15-5-4-14(20-2)10-12(15)6-7-18-16/h4-7,10,13,17H,3,8-9,11H2,1-2H3. The van der Waals surface area contributed by atoms with Crippen molar-refractivity contribution < 1.29 is 4.74 Å². The molecule has 2 aromatic rings. The van der Waals surface area contributed by atoms with E-state index in [-0.39, 0.29) is 0 Å². The lowest BCUT2D eigenvalue weighted by Gasteiger charge is -2.37. The molecule has 1 N–H and O–H groups in total. The summed E-state index contributed by atoms with van der Waals surface area (Å²) in [5.74, 6) is 1.99. The third-order valence-corrected chi connectivity index (χ3v) is 4.04. The second-order valence-corrected chi connectivity index (χ2v) is 5.18. The third-order valence-electron chi connectivity index (χ3n) is 4.04. The van der Waals surface area contributed by atoms with Gasteiger partial charge in [-0.2, -0.15) is 0 Å². The van der Waals surface area contributed by atoms with E-state index in [0.29, 0.717) is 6.04 Å². The largest absolute Gasteiger partial charge is 0.497 e. The second-order valence-electron chi connectivity index (χ2n) is 5.18. The zero-order valence-corrected chi connectivity index (χ0v) is 12.1. The van der Waals surface area contributed by atoms with Gasteiger partial charge in [-0.1, -0.05) is 6.92 Å². The van der Waals surface area contributed by atoms with Crippen LogP contribution in [-0.4, -0.2) is 37.8 Å². The van der Waals surface area contributed by atoms with Gasteiger partial charge in [0.1, 0.15) is 11.6 Å². The van der Waals surface area contributed by atoms with Gasteiger partial charge in [0.25, 0.3) is 0 Å². The Kier molecular flexibility index (Phi) is 3.74. The summed E-state index contributed by atoms with van der Waals surface area (Å²) in [6, 6.07) is 8.76. The Bertz CT molecular complexity index is 599. The van der Waals surface area contributed by atoms with Crippen LogP contribution in [0.3, 0.4) is 0 Å². The number of anilines is 1. The highest BCUT2D eigenvalue weighted by Gasteiger charge is 2.23. The molecule has 20 heavy (non-hydrogen) atoms. The van der Waals surface area contributed by atoms with E-state index >= 15 is 0 Å². The lowest BCUT2D eigenvalue weighted by atomic mass is 10.1. The molecule has 1 unspecified atom stereocenters. The molecule has 4 nitrogen and oxygen atoms in total. The number of ether oxygens (including phenoxy) is 1. The number of nitrogens with one attached hydrogen (secondary N) is 1. The van der Waals surface area contributed by atoms with Crippen molar-refractivity contribution in [2.45, 2.75) is 19.4 Å². The van der Waals surface area contributed by atoms with E-state index in [4.69, 9.17) is 4.74 Å². The topological polar surface area (TPSA) is 37.4 Å². The molecule has 4 heteroatoms. The van der Waals surface area contributed by atoms with Gasteiger partial charge in [0.05, 0.1) is 7.11 Å². The van der Waals surface area contributed by atoms with Crippen LogP contribution in [-0.2, 0) is 0 Å². The smallest absolute Gasteiger partial charge is 0.136 e. The first-order chi connectivity index (χ1) is 9.83. The van der Waals surface area contributed by atoms with Gasteiger partial charge in [0, 0.05) is 37.3 Å². The maximum Gasteiger partial charge on any atom is 0.136 e. The highest BCUT2D eigenvalue weighted by Crippen LogP contribution is 2.29. The molecule has 0 saturated carbocycles.